The summed E-state index contributed by atoms with van der Waals surface area (Å²) in [7, 11) is 0. The minimum absolute atomic E-state index is 0.00726. The van der Waals surface area contributed by atoms with Crippen molar-refractivity contribution in [3.63, 3.8) is 0 Å². The molecule has 2 bridgehead atoms. The molecule has 0 aromatic carbocycles. The molecule has 82 valence electrons. The van der Waals surface area contributed by atoms with Crippen LogP contribution in [0.25, 0.3) is 0 Å². The number of hydrogen-bond donors (Lipinski definition) is 0. The van der Waals surface area contributed by atoms with Crippen LogP contribution in [0, 0.1) is 17.8 Å². The van der Waals surface area contributed by atoms with Gasteiger partial charge in [0.25, 0.3) is 0 Å². The summed E-state index contributed by atoms with van der Waals surface area (Å²) in [5, 5.41) is 0. The molecule has 0 aromatic rings. The molecule has 0 N–H and O–H groups in total. The van der Waals surface area contributed by atoms with Crippen LogP contribution in [-0.2, 0) is 9.53 Å². The Morgan fingerprint density at radius 2 is 2.20 bits per heavy atom. The molecule has 1 aliphatic heterocycles. The molecule has 3 aliphatic rings. The van der Waals surface area contributed by atoms with E-state index in [2.05, 4.69) is 12.2 Å². The van der Waals surface area contributed by atoms with Crippen LogP contribution in [0.3, 0.4) is 0 Å². The summed E-state index contributed by atoms with van der Waals surface area (Å²) < 4.78 is 5.24. The lowest BCUT2D eigenvalue weighted by Gasteiger charge is -2.19. The van der Waals surface area contributed by atoms with Crippen molar-refractivity contribution < 1.29 is 9.53 Å². The van der Waals surface area contributed by atoms with E-state index in [1.54, 1.807) is 0 Å². The number of carbonyl (C=O) groups is 1. The highest BCUT2D eigenvalue weighted by molar-refractivity contribution is 5.71. The van der Waals surface area contributed by atoms with Crippen molar-refractivity contribution in [1.82, 2.24) is 0 Å². The number of esters is 1. The maximum Gasteiger partial charge on any atom is 0.306 e. The van der Waals surface area contributed by atoms with Crippen LogP contribution >= 0.6 is 0 Å². The highest BCUT2D eigenvalue weighted by Crippen LogP contribution is 2.45. The van der Waals surface area contributed by atoms with Gasteiger partial charge in [-0.2, -0.15) is 0 Å². The van der Waals surface area contributed by atoms with E-state index in [1.165, 1.54) is 19.3 Å². The Bertz CT molecular complexity index is 295. The Balaban J connectivity index is 1.47. The molecule has 4 atom stereocenters. The third-order valence-electron chi connectivity index (χ3n) is 4.24. The van der Waals surface area contributed by atoms with Crippen molar-refractivity contribution in [2.24, 2.45) is 17.8 Å². The van der Waals surface area contributed by atoms with Gasteiger partial charge >= 0.3 is 5.97 Å². The predicted octanol–water partition coefficient (Wildman–Crippen LogP) is 2.68. The van der Waals surface area contributed by atoms with Gasteiger partial charge in [0.2, 0.25) is 0 Å². The van der Waals surface area contributed by atoms with Crippen LogP contribution in [0.1, 0.15) is 38.5 Å². The number of allylic oxidation sites excluding steroid dienone is 2. The molecule has 0 spiro atoms. The SMILES string of the molecule is O=C1CCC(CCC2CC3C=CC2C3)O1. The normalized spacial score (nSPS) is 42.5. The first-order chi connectivity index (χ1) is 7.31. The van der Waals surface area contributed by atoms with Crippen molar-refractivity contribution in [1.29, 1.82) is 0 Å². The lowest BCUT2D eigenvalue weighted by molar-refractivity contribution is -0.141. The van der Waals surface area contributed by atoms with Gasteiger partial charge in [-0.15, -0.1) is 0 Å². The average Bonchev–Trinajstić information content (AvgIpc) is 2.90. The molecule has 2 aliphatic carbocycles. The summed E-state index contributed by atoms with van der Waals surface area (Å²) in [4.78, 5) is 10.9. The Labute approximate surface area is 90.7 Å². The monoisotopic (exact) mass is 206 g/mol. The maximum atomic E-state index is 10.9. The molecule has 2 heteroatoms. The number of hydrogen-bond acceptors (Lipinski definition) is 2. The van der Waals surface area contributed by atoms with E-state index in [9.17, 15) is 4.79 Å². The number of ether oxygens (including phenoxy) is 1. The van der Waals surface area contributed by atoms with Gasteiger partial charge in [0.15, 0.2) is 0 Å². The van der Waals surface area contributed by atoms with Gasteiger partial charge in [-0.1, -0.05) is 12.2 Å². The van der Waals surface area contributed by atoms with Gasteiger partial charge in [-0.05, 0) is 49.9 Å². The van der Waals surface area contributed by atoms with Crippen LogP contribution < -0.4 is 0 Å². The molecule has 1 saturated heterocycles. The molecule has 1 saturated carbocycles. The van der Waals surface area contributed by atoms with E-state index in [-0.39, 0.29) is 12.1 Å². The molecule has 0 aromatic heterocycles. The Hall–Kier alpha value is -0.790. The molecule has 0 radical (unpaired) electrons. The van der Waals surface area contributed by atoms with Gasteiger partial charge in [-0.3, -0.25) is 4.79 Å². The van der Waals surface area contributed by atoms with Crippen molar-refractivity contribution in [3.8, 4) is 0 Å². The van der Waals surface area contributed by atoms with E-state index in [1.807, 2.05) is 0 Å². The second kappa shape index (κ2) is 3.66. The first-order valence-electron chi connectivity index (χ1n) is 6.19. The van der Waals surface area contributed by atoms with E-state index in [4.69, 9.17) is 4.74 Å². The summed E-state index contributed by atoms with van der Waals surface area (Å²) in [5.74, 6) is 2.59. The fourth-order valence-corrected chi connectivity index (χ4v) is 3.41. The van der Waals surface area contributed by atoms with E-state index >= 15 is 0 Å². The fourth-order valence-electron chi connectivity index (χ4n) is 3.41. The largest absolute Gasteiger partial charge is 0.462 e. The summed E-state index contributed by atoms with van der Waals surface area (Å²) in [6, 6.07) is 0. The summed E-state index contributed by atoms with van der Waals surface area (Å²) >= 11 is 0. The first-order valence-corrected chi connectivity index (χ1v) is 6.19. The lowest BCUT2D eigenvalue weighted by Crippen LogP contribution is -2.12. The topological polar surface area (TPSA) is 26.3 Å². The Kier molecular flexibility index (Phi) is 2.30. The second-order valence-electron chi connectivity index (χ2n) is 5.27. The van der Waals surface area contributed by atoms with Gasteiger partial charge < -0.3 is 4.74 Å². The molecular weight excluding hydrogens is 188 g/mol. The summed E-state index contributed by atoms with van der Waals surface area (Å²) in [5.41, 5.74) is 0. The zero-order chi connectivity index (χ0) is 10.3. The smallest absolute Gasteiger partial charge is 0.306 e. The second-order valence-corrected chi connectivity index (χ2v) is 5.27. The number of cyclic esters (lactones) is 1. The van der Waals surface area contributed by atoms with Gasteiger partial charge in [0, 0.05) is 6.42 Å². The van der Waals surface area contributed by atoms with Crippen molar-refractivity contribution in [3.05, 3.63) is 12.2 Å². The molecule has 15 heavy (non-hydrogen) atoms. The molecular formula is C13H18O2. The molecule has 4 unspecified atom stereocenters. The third-order valence-corrected chi connectivity index (χ3v) is 4.24. The standard InChI is InChI=1S/C13H18O2/c14-13-6-5-12(15-13)4-3-11-8-9-1-2-10(11)7-9/h1-2,9-12H,3-8H2. The minimum atomic E-state index is 0.00726. The predicted molar refractivity (Wildman–Crippen MR) is 57.2 cm³/mol. The zero-order valence-corrected chi connectivity index (χ0v) is 9.02. The zero-order valence-electron chi connectivity index (χ0n) is 9.02. The van der Waals surface area contributed by atoms with E-state index < -0.39 is 0 Å². The lowest BCUT2D eigenvalue weighted by atomic mass is 9.88. The number of rotatable bonds is 3. The van der Waals surface area contributed by atoms with Crippen LogP contribution in [0.2, 0.25) is 0 Å². The van der Waals surface area contributed by atoms with Crippen LogP contribution in [0.5, 0.6) is 0 Å². The van der Waals surface area contributed by atoms with Crippen molar-refractivity contribution >= 4 is 5.97 Å². The van der Waals surface area contributed by atoms with Crippen molar-refractivity contribution in [2.45, 2.75) is 44.6 Å². The quantitative estimate of drug-likeness (QED) is 0.524. The highest BCUT2D eigenvalue weighted by atomic mass is 16.5. The molecule has 2 nitrogen and oxygen atoms in total. The molecule has 0 amide bonds. The van der Waals surface area contributed by atoms with Crippen LogP contribution in [0.15, 0.2) is 12.2 Å². The summed E-state index contributed by atoms with van der Waals surface area (Å²) in [6.07, 6.45) is 11.7. The van der Waals surface area contributed by atoms with Gasteiger partial charge in [0.1, 0.15) is 6.10 Å². The highest BCUT2D eigenvalue weighted by Gasteiger charge is 2.36. The van der Waals surface area contributed by atoms with E-state index in [0.717, 1.165) is 30.6 Å². The number of fused-ring (bicyclic) bond motifs is 2. The minimum Gasteiger partial charge on any atom is -0.462 e. The van der Waals surface area contributed by atoms with E-state index in [0.29, 0.717) is 6.42 Å². The third kappa shape index (κ3) is 1.82. The van der Waals surface area contributed by atoms with Crippen LogP contribution in [0.4, 0.5) is 0 Å². The molecule has 3 rings (SSSR count). The summed E-state index contributed by atoms with van der Waals surface area (Å²) in [6.45, 7) is 0. The number of carbonyl (C=O) groups excluding carboxylic acids is 1. The van der Waals surface area contributed by atoms with Crippen LogP contribution in [-0.4, -0.2) is 12.1 Å². The Morgan fingerprint density at radius 3 is 2.80 bits per heavy atom. The fraction of sp³-hybridized carbons (Fsp3) is 0.769. The molecule has 1 heterocycles. The Morgan fingerprint density at radius 1 is 1.27 bits per heavy atom. The molecule has 2 fully saturated rings. The average molecular weight is 206 g/mol. The van der Waals surface area contributed by atoms with Gasteiger partial charge in [0.05, 0.1) is 0 Å². The van der Waals surface area contributed by atoms with Crippen molar-refractivity contribution in [2.75, 3.05) is 0 Å². The first kappa shape index (κ1) is 9.44. The maximum absolute atomic E-state index is 10.9. The van der Waals surface area contributed by atoms with Gasteiger partial charge in [-0.25, -0.2) is 0 Å².